The Balaban J connectivity index is 2.49. The van der Waals surface area contributed by atoms with E-state index in [1.54, 1.807) is 31.2 Å². The minimum Gasteiger partial charge on any atom is -0.493 e. The van der Waals surface area contributed by atoms with Crippen molar-refractivity contribution < 1.29 is 14.3 Å². The van der Waals surface area contributed by atoms with Crippen molar-refractivity contribution in [2.24, 2.45) is 5.92 Å². The molecule has 1 aromatic rings. The average molecular weight is 219 g/mol. The quantitative estimate of drug-likeness (QED) is 0.724. The van der Waals surface area contributed by atoms with Gasteiger partial charge in [-0.05, 0) is 31.2 Å². The number of hydrogen-bond acceptors (Lipinski definition) is 4. The SMILES string of the molecule is COC(=O)[C@H](C)COc1ccc(C#N)cc1. The number of hydrogen-bond donors (Lipinski definition) is 0. The van der Waals surface area contributed by atoms with E-state index in [0.29, 0.717) is 11.3 Å². The third-order valence-electron chi connectivity index (χ3n) is 2.09. The van der Waals surface area contributed by atoms with E-state index in [9.17, 15) is 4.79 Å². The second-order valence-corrected chi connectivity index (χ2v) is 3.37. The summed E-state index contributed by atoms with van der Waals surface area (Å²) in [4.78, 5) is 11.1. The van der Waals surface area contributed by atoms with Gasteiger partial charge in [-0.15, -0.1) is 0 Å². The van der Waals surface area contributed by atoms with Crippen LogP contribution in [0.3, 0.4) is 0 Å². The molecule has 0 aliphatic rings. The number of nitriles is 1. The second kappa shape index (κ2) is 5.76. The lowest BCUT2D eigenvalue weighted by atomic mass is 10.2. The molecule has 0 N–H and O–H groups in total. The molecule has 4 heteroatoms. The van der Waals surface area contributed by atoms with Crippen molar-refractivity contribution in [1.82, 2.24) is 0 Å². The highest BCUT2D eigenvalue weighted by atomic mass is 16.5. The summed E-state index contributed by atoms with van der Waals surface area (Å²) in [6.45, 7) is 1.99. The maximum Gasteiger partial charge on any atom is 0.311 e. The number of benzene rings is 1. The lowest BCUT2D eigenvalue weighted by molar-refractivity contribution is -0.145. The standard InChI is InChI=1S/C12H13NO3/c1-9(12(14)15-2)8-16-11-5-3-10(7-13)4-6-11/h3-6,9H,8H2,1-2H3/t9-/m1/s1. The number of methoxy groups -OCH3 is 1. The summed E-state index contributed by atoms with van der Waals surface area (Å²) in [5, 5.41) is 8.60. The zero-order valence-electron chi connectivity index (χ0n) is 9.27. The van der Waals surface area contributed by atoms with Crippen LogP contribution >= 0.6 is 0 Å². The Kier molecular flexibility index (Phi) is 4.34. The van der Waals surface area contributed by atoms with Gasteiger partial charge in [0.2, 0.25) is 0 Å². The Morgan fingerprint density at radius 2 is 2.06 bits per heavy atom. The summed E-state index contributed by atoms with van der Waals surface area (Å²) in [6.07, 6.45) is 0. The lowest BCUT2D eigenvalue weighted by Crippen LogP contribution is -2.19. The predicted molar refractivity (Wildman–Crippen MR) is 57.8 cm³/mol. The maximum atomic E-state index is 11.1. The number of carbonyl (C=O) groups excluding carboxylic acids is 1. The molecule has 1 aromatic carbocycles. The number of esters is 1. The Morgan fingerprint density at radius 1 is 1.44 bits per heavy atom. The first-order valence-corrected chi connectivity index (χ1v) is 4.88. The largest absolute Gasteiger partial charge is 0.493 e. The van der Waals surface area contributed by atoms with Crippen molar-refractivity contribution in [2.75, 3.05) is 13.7 Å². The van der Waals surface area contributed by atoms with E-state index in [0.717, 1.165) is 0 Å². The van der Waals surface area contributed by atoms with Crippen LogP contribution in [0.15, 0.2) is 24.3 Å². The van der Waals surface area contributed by atoms with Gasteiger partial charge >= 0.3 is 5.97 Å². The highest BCUT2D eigenvalue weighted by Crippen LogP contribution is 2.12. The summed E-state index contributed by atoms with van der Waals surface area (Å²) in [7, 11) is 1.35. The van der Waals surface area contributed by atoms with Gasteiger partial charge < -0.3 is 9.47 Å². The van der Waals surface area contributed by atoms with Crippen molar-refractivity contribution in [3.05, 3.63) is 29.8 Å². The first-order chi connectivity index (χ1) is 7.67. The van der Waals surface area contributed by atoms with E-state index in [1.807, 2.05) is 6.07 Å². The fourth-order valence-corrected chi connectivity index (χ4v) is 1.12. The summed E-state index contributed by atoms with van der Waals surface area (Å²) >= 11 is 0. The zero-order chi connectivity index (χ0) is 12.0. The van der Waals surface area contributed by atoms with Crippen LogP contribution in [0.25, 0.3) is 0 Å². The fourth-order valence-electron chi connectivity index (χ4n) is 1.12. The number of carbonyl (C=O) groups is 1. The van der Waals surface area contributed by atoms with Crippen LogP contribution in [0.1, 0.15) is 12.5 Å². The van der Waals surface area contributed by atoms with Crippen LogP contribution < -0.4 is 4.74 Å². The third-order valence-corrected chi connectivity index (χ3v) is 2.09. The van der Waals surface area contributed by atoms with Crippen molar-refractivity contribution in [2.45, 2.75) is 6.92 Å². The van der Waals surface area contributed by atoms with Gasteiger partial charge in [-0.25, -0.2) is 0 Å². The molecular weight excluding hydrogens is 206 g/mol. The monoisotopic (exact) mass is 219 g/mol. The Morgan fingerprint density at radius 3 is 2.56 bits per heavy atom. The number of ether oxygens (including phenoxy) is 2. The molecule has 1 atom stereocenters. The summed E-state index contributed by atoms with van der Waals surface area (Å²) < 4.78 is 9.95. The molecule has 0 unspecified atom stereocenters. The molecule has 0 aliphatic carbocycles. The van der Waals surface area contributed by atoms with Crippen LogP contribution in [0.2, 0.25) is 0 Å². The second-order valence-electron chi connectivity index (χ2n) is 3.37. The van der Waals surface area contributed by atoms with Crippen LogP contribution in [0.4, 0.5) is 0 Å². The van der Waals surface area contributed by atoms with Gasteiger partial charge in [0.1, 0.15) is 12.4 Å². The molecule has 1 rings (SSSR count). The van der Waals surface area contributed by atoms with E-state index in [2.05, 4.69) is 4.74 Å². The number of nitrogens with zero attached hydrogens (tertiary/aromatic N) is 1. The van der Waals surface area contributed by atoms with Crippen LogP contribution in [0, 0.1) is 17.2 Å². The molecule has 0 radical (unpaired) electrons. The molecule has 0 heterocycles. The van der Waals surface area contributed by atoms with Crippen molar-refractivity contribution in [3.63, 3.8) is 0 Å². The molecule has 0 fully saturated rings. The van der Waals surface area contributed by atoms with Crippen LogP contribution in [-0.2, 0) is 9.53 Å². The topological polar surface area (TPSA) is 59.3 Å². The normalized spacial score (nSPS) is 11.3. The Hall–Kier alpha value is -2.02. The molecule has 0 saturated carbocycles. The molecule has 0 spiro atoms. The number of rotatable bonds is 4. The van der Waals surface area contributed by atoms with E-state index in [1.165, 1.54) is 7.11 Å². The summed E-state index contributed by atoms with van der Waals surface area (Å²) in [5.41, 5.74) is 0.577. The van der Waals surface area contributed by atoms with Crippen LogP contribution in [-0.4, -0.2) is 19.7 Å². The van der Waals surface area contributed by atoms with Gasteiger partial charge in [0.05, 0.1) is 24.7 Å². The van der Waals surface area contributed by atoms with E-state index in [-0.39, 0.29) is 18.5 Å². The summed E-state index contributed by atoms with van der Waals surface area (Å²) in [5.74, 6) is 0.0315. The fraction of sp³-hybridized carbons (Fsp3) is 0.333. The molecule has 0 aromatic heterocycles. The average Bonchev–Trinajstić information content (AvgIpc) is 2.35. The molecular formula is C12H13NO3. The van der Waals surface area contributed by atoms with Crippen molar-refractivity contribution in [3.8, 4) is 11.8 Å². The molecule has 4 nitrogen and oxygen atoms in total. The minimum absolute atomic E-state index is 0.262. The zero-order valence-corrected chi connectivity index (χ0v) is 9.27. The highest BCUT2D eigenvalue weighted by molar-refractivity contribution is 5.71. The molecule has 84 valence electrons. The molecule has 16 heavy (non-hydrogen) atoms. The van der Waals surface area contributed by atoms with Crippen LogP contribution in [0.5, 0.6) is 5.75 Å². The maximum absolute atomic E-state index is 11.1. The van der Waals surface area contributed by atoms with E-state index < -0.39 is 0 Å². The predicted octanol–water partition coefficient (Wildman–Crippen LogP) is 1.75. The van der Waals surface area contributed by atoms with Gasteiger partial charge in [0.15, 0.2) is 0 Å². The third kappa shape index (κ3) is 3.28. The van der Waals surface area contributed by atoms with Crippen molar-refractivity contribution in [1.29, 1.82) is 5.26 Å². The first kappa shape index (κ1) is 12.1. The van der Waals surface area contributed by atoms with E-state index >= 15 is 0 Å². The van der Waals surface area contributed by atoms with E-state index in [4.69, 9.17) is 10.00 Å². The molecule has 0 aliphatic heterocycles. The summed E-state index contributed by atoms with van der Waals surface area (Å²) in [6, 6.07) is 8.74. The molecule has 0 bridgehead atoms. The smallest absolute Gasteiger partial charge is 0.311 e. The van der Waals surface area contributed by atoms with Gasteiger partial charge in [-0.2, -0.15) is 5.26 Å². The highest BCUT2D eigenvalue weighted by Gasteiger charge is 2.13. The molecule has 0 saturated heterocycles. The van der Waals surface area contributed by atoms with Gasteiger partial charge in [0, 0.05) is 0 Å². The lowest BCUT2D eigenvalue weighted by Gasteiger charge is -2.10. The van der Waals surface area contributed by atoms with Gasteiger partial charge in [0.25, 0.3) is 0 Å². The first-order valence-electron chi connectivity index (χ1n) is 4.88. The molecule has 0 amide bonds. The Bertz CT molecular complexity index is 392. The van der Waals surface area contributed by atoms with Crippen molar-refractivity contribution >= 4 is 5.97 Å². The Labute approximate surface area is 94.4 Å². The van der Waals surface area contributed by atoms with Gasteiger partial charge in [-0.1, -0.05) is 0 Å². The minimum atomic E-state index is -0.305. The van der Waals surface area contributed by atoms with Gasteiger partial charge in [-0.3, -0.25) is 4.79 Å².